The van der Waals surface area contributed by atoms with Crippen LogP contribution in [0.3, 0.4) is 0 Å². The third kappa shape index (κ3) is 2.62. The summed E-state index contributed by atoms with van der Waals surface area (Å²) >= 11 is 0. The van der Waals surface area contributed by atoms with Crippen LogP contribution in [0.25, 0.3) is 0 Å². The molecule has 0 radical (unpaired) electrons. The highest BCUT2D eigenvalue weighted by atomic mass is 15.2. The molecule has 16 heavy (non-hydrogen) atoms. The third-order valence-corrected chi connectivity index (χ3v) is 3.03. The van der Waals surface area contributed by atoms with Gasteiger partial charge >= 0.3 is 0 Å². The number of aromatic nitrogens is 2. The molecule has 0 bridgehead atoms. The fourth-order valence-electron chi connectivity index (χ4n) is 2.05. The summed E-state index contributed by atoms with van der Waals surface area (Å²) in [5, 5.41) is 0. The first-order chi connectivity index (χ1) is 7.77. The number of nitrogens with zero attached hydrogens (tertiary/aromatic N) is 4. The van der Waals surface area contributed by atoms with Gasteiger partial charge in [-0.2, -0.15) is 0 Å². The number of hydrogen-bond donors (Lipinski definition) is 0. The average molecular weight is 220 g/mol. The predicted octanol–water partition coefficient (Wildman–Crippen LogP) is 1.92. The van der Waals surface area contributed by atoms with E-state index >= 15 is 0 Å². The Morgan fingerprint density at radius 2 is 1.75 bits per heavy atom. The lowest BCUT2D eigenvalue weighted by Gasteiger charge is -2.22. The van der Waals surface area contributed by atoms with E-state index in [4.69, 9.17) is 0 Å². The predicted molar refractivity (Wildman–Crippen MR) is 67.0 cm³/mol. The molecule has 0 unspecified atom stereocenters. The van der Waals surface area contributed by atoms with Crippen LogP contribution in [0.1, 0.15) is 25.7 Å². The van der Waals surface area contributed by atoms with E-state index in [-0.39, 0.29) is 0 Å². The first-order valence-corrected chi connectivity index (χ1v) is 6.02. The second kappa shape index (κ2) is 5.14. The number of hydrogen-bond acceptors (Lipinski definition) is 4. The van der Waals surface area contributed by atoms with Gasteiger partial charge in [-0.25, -0.2) is 9.97 Å². The highest BCUT2D eigenvalue weighted by Gasteiger charge is 2.11. The Morgan fingerprint density at radius 3 is 2.38 bits per heavy atom. The van der Waals surface area contributed by atoms with Crippen molar-refractivity contribution in [2.24, 2.45) is 0 Å². The van der Waals surface area contributed by atoms with Crippen molar-refractivity contribution < 1.29 is 0 Å². The molecule has 0 saturated carbocycles. The zero-order valence-electron chi connectivity index (χ0n) is 10.2. The van der Waals surface area contributed by atoms with E-state index in [1.54, 1.807) is 6.33 Å². The molecule has 1 fully saturated rings. The SMILES string of the molecule is CN(C)c1cc(N2CCCCCC2)ncn1. The lowest BCUT2D eigenvalue weighted by atomic mass is 10.2. The minimum Gasteiger partial charge on any atom is -0.363 e. The van der Waals surface area contributed by atoms with Crippen molar-refractivity contribution in [2.75, 3.05) is 37.0 Å². The molecule has 0 aliphatic carbocycles. The minimum absolute atomic E-state index is 0.981. The minimum atomic E-state index is 0.981. The van der Waals surface area contributed by atoms with Gasteiger partial charge in [0.05, 0.1) is 0 Å². The summed E-state index contributed by atoms with van der Waals surface area (Å²) in [4.78, 5) is 13.0. The van der Waals surface area contributed by atoms with Gasteiger partial charge in [-0.15, -0.1) is 0 Å². The van der Waals surface area contributed by atoms with E-state index in [2.05, 4.69) is 20.9 Å². The maximum absolute atomic E-state index is 4.38. The Kier molecular flexibility index (Phi) is 3.59. The second-order valence-corrected chi connectivity index (χ2v) is 4.53. The van der Waals surface area contributed by atoms with Crippen LogP contribution >= 0.6 is 0 Å². The summed E-state index contributed by atoms with van der Waals surface area (Å²) in [6, 6.07) is 2.07. The normalized spacial score (nSPS) is 17.0. The van der Waals surface area contributed by atoms with E-state index in [0.29, 0.717) is 0 Å². The van der Waals surface area contributed by atoms with Crippen LogP contribution in [-0.4, -0.2) is 37.2 Å². The van der Waals surface area contributed by atoms with Crippen molar-refractivity contribution in [2.45, 2.75) is 25.7 Å². The van der Waals surface area contributed by atoms with Crippen LogP contribution < -0.4 is 9.80 Å². The molecular weight excluding hydrogens is 200 g/mol. The topological polar surface area (TPSA) is 32.3 Å². The van der Waals surface area contributed by atoms with E-state index in [0.717, 1.165) is 24.7 Å². The van der Waals surface area contributed by atoms with Gasteiger partial charge in [-0.3, -0.25) is 0 Å². The molecule has 0 amide bonds. The molecule has 0 spiro atoms. The highest BCUT2D eigenvalue weighted by Crippen LogP contribution is 2.19. The standard InChI is InChI=1S/C12H20N4/c1-15(2)11-9-12(14-10-13-11)16-7-5-3-4-6-8-16/h9-10H,3-8H2,1-2H3. The maximum atomic E-state index is 4.38. The van der Waals surface area contributed by atoms with E-state index < -0.39 is 0 Å². The van der Waals surface area contributed by atoms with Crippen molar-refractivity contribution in [1.29, 1.82) is 0 Å². The smallest absolute Gasteiger partial charge is 0.134 e. The van der Waals surface area contributed by atoms with Gasteiger partial charge in [0.25, 0.3) is 0 Å². The molecule has 1 aliphatic heterocycles. The Bertz CT molecular complexity index is 330. The number of anilines is 2. The molecule has 2 rings (SSSR count). The summed E-state index contributed by atoms with van der Waals surface area (Å²) in [6.07, 6.45) is 6.92. The summed E-state index contributed by atoms with van der Waals surface area (Å²) in [5.74, 6) is 2.05. The van der Waals surface area contributed by atoms with Gasteiger partial charge in [0.2, 0.25) is 0 Å². The lowest BCUT2D eigenvalue weighted by Crippen LogP contribution is -2.25. The molecule has 0 atom stereocenters. The Morgan fingerprint density at radius 1 is 1.06 bits per heavy atom. The molecule has 1 aliphatic rings. The van der Waals surface area contributed by atoms with Crippen LogP contribution in [0.15, 0.2) is 12.4 Å². The molecule has 0 N–H and O–H groups in total. The Hall–Kier alpha value is -1.32. The first kappa shape index (κ1) is 11.2. The highest BCUT2D eigenvalue weighted by molar-refractivity contribution is 5.49. The van der Waals surface area contributed by atoms with Gasteiger partial charge < -0.3 is 9.80 Å². The van der Waals surface area contributed by atoms with Gasteiger partial charge in [0.15, 0.2) is 0 Å². The van der Waals surface area contributed by atoms with Gasteiger partial charge in [0, 0.05) is 33.3 Å². The molecule has 1 aromatic rings. The van der Waals surface area contributed by atoms with Crippen molar-refractivity contribution in [3.05, 3.63) is 12.4 Å². The quantitative estimate of drug-likeness (QED) is 0.762. The zero-order chi connectivity index (χ0) is 11.4. The van der Waals surface area contributed by atoms with Crippen LogP contribution in [0.2, 0.25) is 0 Å². The Labute approximate surface area is 97.3 Å². The molecular formula is C12H20N4. The maximum Gasteiger partial charge on any atom is 0.134 e. The summed E-state index contributed by atoms with van der Waals surface area (Å²) < 4.78 is 0. The summed E-state index contributed by atoms with van der Waals surface area (Å²) in [6.45, 7) is 2.26. The fourth-order valence-corrected chi connectivity index (χ4v) is 2.05. The molecule has 1 saturated heterocycles. The Balaban J connectivity index is 2.15. The second-order valence-electron chi connectivity index (χ2n) is 4.53. The molecule has 4 heteroatoms. The van der Waals surface area contributed by atoms with Crippen molar-refractivity contribution in [3.8, 4) is 0 Å². The monoisotopic (exact) mass is 220 g/mol. The van der Waals surface area contributed by atoms with Crippen molar-refractivity contribution >= 4 is 11.6 Å². The fraction of sp³-hybridized carbons (Fsp3) is 0.667. The van der Waals surface area contributed by atoms with E-state index in [9.17, 15) is 0 Å². The van der Waals surface area contributed by atoms with Crippen LogP contribution in [0.5, 0.6) is 0 Å². The van der Waals surface area contributed by atoms with Gasteiger partial charge in [0.1, 0.15) is 18.0 Å². The third-order valence-electron chi connectivity index (χ3n) is 3.03. The van der Waals surface area contributed by atoms with Gasteiger partial charge in [-0.05, 0) is 12.8 Å². The average Bonchev–Trinajstić information content (AvgIpc) is 2.57. The van der Waals surface area contributed by atoms with E-state index in [1.807, 2.05) is 19.0 Å². The first-order valence-electron chi connectivity index (χ1n) is 6.02. The molecule has 4 nitrogen and oxygen atoms in total. The lowest BCUT2D eigenvalue weighted by molar-refractivity contribution is 0.726. The van der Waals surface area contributed by atoms with E-state index in [1.165, 1.54) is 25.7 Å². The number of rotatable bonds is 2. The van der Waals surface area contributed by atoms with Crippen LogP contribution in [0.4, 0.5) is 11.6 Å². The van der Waals surface area contributed by atoms with Crippen molar-refractivity contribution in [1.82, 2.24) is 9.97 Å². The summed E-state index contributed by atoms with van der Waals surface area (Å²) in [7, 11) is 4.02. The molecule has 2 heterocycles. The molecule has 88 valence electrons. The van der Waals surface area contributed by atoms with Crippen molar-refractivity contribution in [3.63, 3.8) is 0 Å². The molecule has 1 aromatic heterocycles. The van der Waals surface area contributed by atoms with Crippen LogP contribution in [0, 0.1) is 0 Å². The summed E-state index contributed by atoms with van der Waals surface area (Å²) in [5.41, 5.74) is 0. The van der Waals surface area contributed by atoms with Crippen LogP contribution in [-0.2, 0) is 0 Å². The molecule has 0 aromatic carbocycles. The largest absolute Gasteiger partial charge is 0.363 e. The zero-order valence-corrected chi connectivity index (χ0v) is 10.2. The van der Waals surface area contributed by atoms with Gasteiger partial charge in [-0.1, -0.05) is 12.8 Å².